The van der Waals surface area contributed by atoms with E-state index in [4.69, 9.17) is 0 Å². The Morgan fingerprint density at radius 2 is 1.94 bits per heavy atom. The highest BCUT2D eigenvalue weighted by atomic mass is 32.2. The summed E-state index contributed by atoms with van der Waals surface area (Å²) in [7, 11) is -3.43. The van der Waals surface area contributed by atoms with Gasteiger partial charge in [0.1, 0.15) is 6.33 Å². The maximum absolute atomic E-state index is 12.4. The summed E-state index contributed by atoms with van der Waals surface area (Å²) in [5, 5.41) is 11.6. The van der Waals surface area contributed by atoms with E-state index in [0.29, 0.717) is 16.4 Å². The van der Waals surface area contributed by atoms with Gasteiger partial charge in [0, 0.05) is 12.2 Å². The molecule has 3 aromatic rings. The van der Waals surface area contributed by atoms with E-state index in [2.05, 4.69) is 39.8 Å². The summed E-state index contributed by atoms with van der Waals surface area (Å²) in [4.78, 5) is 12.4. The molecule has 2 aromatic carbocycles. The lowest BCUT2D eigenvalue weighted by atomic mass is 10.1. The van der Waals surface area contributed by atoms with E-state index in [0.717, 1.165) is 12.1 Å². The van der Waals surface area contributed by atoms with E-state index in [1.807, 2.05) is 22.8 Å². The first-order valence-corrected chi connectivity index (χ1v) is 12.6. The molecule has 0 aliphatic carbocycles. The summed E-state index contributed by atoms with van der Waals surface area (Å²) in [6.07, 6.45) is 4.01. The van der Waals surface area contributed by atoms with Crippen molar-refractivity contribution in [2.75, 3.05) is 17.6 Å². The van der Waals surface area contributed by atoms with Crippen LogP contribution in [0.5, 0.6) is 0 Å². The van der Waals surface area contributed by atoms with Gasteiger partial charge in [0.05, 0.1) is 17.2 Å². The number of benzene rings is 2. The van der Waals surface area contributed by atoms with E-state index in [-0.39, 0.29) is 24.0 Å². The minimum absolute atomic E-state index is 0.139. The molecule has 0 aliphatic rings. The molecule has 3 rings (SSSR count). The lowest BCUT2D eigenvalue weighted by Crippen LogP contribution is -2.25. The van der Waals surface area contributed by atoms with E-state index >= 15 is 0 Å². The number of para-hydroxylation sites is 1. The number of rotatable bonds is 11. The Labute approximate surface area is 192 Å². The lowest BCUT2D eigenvalue weighted by Gasteiger charge is -2.11. The van der Waals surface area contributed by atoms with E-state index in [1.165, 1.54) is 23.4 Å². The van der Waals surface area contributed by atoms with Crippen LogP contribution in [-0.2, 0) is 27.0 Å². The van der Waals surface area contributed by atoms with Crippen LogP contribution in [0.2, 0.25) is 0 Å². The van der Waals surface area contributed by atoms with Crippen molar-refractivity contribution >= 4 is 33.4 Å². The monoisotopic (exact) mass is 471 g/mol. The second-order valence-electron chi connectivity index (χ2n) is 6.90. The smallest absolute Gasteiger partial charge is 0.234 e. The number of amides is 1. The van der Waals surface area contributed by atoms with E-state index in [1.54, 1.807) is 30.6 Å². The van der Waals surface area contributed by atoms with Crippen molar-refractivity contribution in [3.05, 3.63) is 78.6 Å². The predicted octanol–water partition coefficient (Wildman–Crippen LogP) is 3.17. The zero-order valence-electron chi connectivity index (χ0n) is 17.7. The number of aryl methyl sites for hydroxylation is 1. The zero-order valence-corrected chi connectivity index (χ0v) is 19.3. The van der Waals surface area contributed by atoms with Gasteiger partial charge in [-0.2, -0.15) is 0 Å². The first-order chi connectivity index (χ1) is 15.4. The molecule has 32 heavy (non-hydrogen) atoms. The van der Waals surface area contributed by atoms with Gasteiger partial charge in [-0.15, -0.1) is 16.8 Å². The van der Waals surface area contributed by atoms with Crippen LogP contribution in [-0.4, -0.2) is 41.4 Å². The average molecular weight is 472 g/mol. The van der Waals surface area contributed by atoms with Gasteiger partial charge >= 0.3 is 0 Å². The second kappa shape index (κ2) is 11.1. The molecule has 1 aromatic heterocycles. The summed E-state index contributed by atoms with van der Waals surface area (Å²) >= 11 is 1.30. The Balaban J connectivity index is 1.57. The minimum Gasteiger partial charge on any atom is -0.325 e. The number of nitrogens with one attached hydrogen (secondary N) is 2. The topological polar surface area (TPSA) is 106 Å². The Kier molecular flexibility index (Phi) is 8.20. The number of anilines is 1. The van der Waals surface area contributed by atoms with Crippen molar-refractivity contribution in [1.82, 2.24) is 19.5 Å². The summed E-state index contributed by atoms with van der Waals surface area (Å²) < 4.78 is 28.2. The van der Waals surface area contributed by atoms with Gasteiger partial charge in [0.15, 0.2) is 5.16 Å². The molecule has 0 spiro atoms. The summed E-state index contributed by atoms with van der Waals surface area (Å²) in [5.74, 6) is -0.171. The van der Waals surface area contributed by atoms with E-state index in [9.17, 15) is 13.2 Å². The van der Waals surface area contributed by atoms with Crippen molar-refractivity contribution < 1.29 is 13.2 Å². The van der Waals surface area contributed by atoms with Crippen molar-refractivity contribution in [2.45, 2.75) is 24.3 Å². The number of nitrogens with zero attached hydrogens (tertiary/aromatic N) is 3. The Hall–Kier alpha value is -2.95. The van der Waals surface area contributed by atoms with Gasteiger partial charge in [-0.3, -0.25) is 9.36 Å². The van der Waals surface area contributed by atoms with Gasteiger partial charge in [-0.05, 0) is 35.7 Å². The molecule has 0 atom stereocenters. The fourth-order valence-electron chi connectivity index (χ4n) is 3.00. The normalized spacial score (nSPS) is 11.3. The third kappa shape index (κ3) is 6.52. The largest absolute Gasteiger partial charge is 0.325 e. The number of carbonyl (C=O) groups is 1. The van der Waals surface area contributed by atoms with Gasteiger partial charge in [0.2, 0.25) is 15.9 Å². The molecule has 168 valence electrons. The highest BCUT2D eigenvalue weighted by molar-refractivity contribution is 7.99. The van der Waals surface area contributed by atoms with Gasteiger partial charge in [0.25, 0.3) is 0 Å². The molecule has 0 saturated heterocycles. The molecule has 0 saturated carbocycles. The number of sulfonamides is 1. The van der Waals surface area contributed by atoms with E-state index < -0.39 is 10.0 Å². The van der Waals surface area contributed by atoms with Crippen LogP contribution in [0, 0.1) is 0 Å². The molecule has 0 bridgehead atoms. The van der Waals surface area contributed by atoms with Crippen LogP contribution in [0.25, 0.3) is 5.69 Å². The molecule has 0 unspecified atom stereocenters. The maximum atomic E-state index is 12.4. The molecule has 1 heterocycles. The van der Waals surface area contributed by atoms with Crippen molar-refractivity contribution in [3.63, 3.8) is 0 Å². The maximum Gasteiger partial charge on any atom is 0.234 e. The fourth-order valence-corrected chi connectivity index (χ4v) is 4.83. The molecule has 10 heteroatoms. The van der Waals surface area contributed by atoms with Crippen LogP contribution in [0.15, 0.2) is 72.7 Å². The zero-order chi connectivity index (χ0) is 23.0. The fraction of sp³-hybridized carbons (Fsp3) is 0.227. The minimum atomic E-state index is -3.43. The van der Waals surface area contributed by atoms with Gasteiger partial charge in [-0.1, -0.05) is 55.1 Å². The van der Waals surface area contributed by atoms with Crippen LogP contribution in [0.4, 0.5) is 5.69 Å². The average Bonchev–Trinajstić information content (AvgIpc) is 3.26. The first kappa shape index (κ1) is 23.7. The second-order valence-corrected chi connectivity index (χ2v) is 9.65. The van der Waals surface area contributed by atoms with Crippen LogP contribution in [0.3, 0.4) is 0 Å². The number of hydrogen-bond donors (Lipinski definition) is 2. The Morgan fingerprint density at radius 1 is 1.19 bits per heavy atom. The molecule has 0 aliphatic heterocycles. The third-order valence-corrected chi connectivity index (χ3v) is 6.79. The van der Waals surface area contributed by atoms with Crippen molar-refractivity contribution in [3.8, 4) is 5.69 Å². The molecular weight excluding hydrogens is 446 g/mol. The van der Waals surface area contributed by atoms with Crippen LogP contribution >= 0.6 is 11.8 Å². The van der Waals surface area contributed by atoms with Crippen LogP contribution < -0.4 is 10.0 Å². The third-order valence-electron chi connectivity index (χ3n) is 4.52. The quantitative estimate of drug-likeness (QED) is 0.329. The molecule has 0 radical (unpaired) electrons. The van der Waals surface area contributed by atoms with Crippen molar-refractivity contribution in [2.24, 2.45) is 0 Å². The Bertz CT molecular complexity index is 1170. The highest BCUT2D eigenvalue weighted by Gasteiger charge is 2.13. The summed E-state index contributed by atoms with van der Waals surface area (Å²) in [6.45, 7) is 5.76. The van der Waals surface area contributed by atoms with Gasteiger partial charge < -0.3 is 5.32 Å². The summed E-state index contributed by atoms with van der Waals surface area (Å²) in [6, 6.07) is 14.7. The predicted molar refractivity (Wildman–Crippen MR) is 127 cm³/mol. The first-order valence-electron chi connectivity index (χ1n) is 10.00. The summed E-state index contributed by atoms with van der Waals surface area (Å²) in [5.41, 5.74) is 3.38. The number of hydrogen-bond acceptors (Lipinski definition) is 6. The molecule has 8 nitrogen and oxygen atoms in total. The number of aromatic nitrogens is 3. The van der Waals surface area contributed by atoms with Gasteiger partial charge in [-0.25, -0.2) is 13.1 Å². The lowest BCUT2D eigenvalue weighted by molar-refractivity contribution is -0.113. The standard InChI is InChI=1S/C22H25N5O3S2/c1-3-13-24-32(29,30)15-17-9-11-19(12-10-17)25-21(28)14-31-22-26-23-16-27(22)20-8-6-5-7-18(20)4-2/h3,5-12,16,24H,1,4,13-15H2,2H3,(H,25,28). The SMILES string of the molecule is C=CCNS(=O)(=O)Cc1ccc(NC(=O)CSc2nncn2-c2ccccc2CC)cc1. The molecule has 1 amide bonds. The Morgan fingerprint density at radius 3 is 2.66 bits per heavy atom. The number of thioether (sulfide) groups is 1. The van der Waals surface area contributed by atoms with Crippen LogP contribution in [0.1, 0.15) is 18.1 Å². The molecule has 0 fully saturated rings. The molecule has 2 N–H and O–H groups in total. The van der Waals surface area contributed by atoms with Crippen molar-refractivity contribution in [1.29, 1.82) is 0 Å². The highest BCUT2D eigenvalue weighted by Crippen LogP contribution is 2.23. The number of carbonyl (C=O) groups excluding carboxylic acids is 1. The molecular formula is C22H25N5O3S2.